The number of hydrogen-bond acceptors (Lipinski definition) is 0. The minimum Gasteiger partial charge on any atom is -0.0916 e. The Hall–Kier alpha value is -1.04. The lowest BCUT2D eigenvalue weighted by Gasteiger charge is -2.19. The fraction of sp³-hybridized carbons (Fsp3) is 0.500. The van der Waals surface area contributed by atoms with Gasteiger partial charge in [0.2, 0.25) is 0 Å². The maximum Gasteiger partial charge on any atom is -0.0125 e. The van der Waals surface area contributed by atoms with E-state index in [1.165, 1.54) is 23.1 Å². The van der Waals surface area contributed by atoms with Crippen molar-refractivity contribution in [3.05, 3.63) is 46.5 Å². The molecule has 0 aliphatic carbocycles. The van der Waals surface area contributed by atoms with E-state index >= 15 is 0 Å². The number of allylic oxidation sites excluding steroid dienone is 2. The molecule has 0 heterocycles. The molecule has 0 aliphatic heterocycles. The van der Waals surface area contributed by atoms with Crippen LogP contribution in [0.4, 0.5) is 0 Å². The largest absolute Gasteiger partial charge is 0.0916 e. The van der Waals surface area contributed by atoms with Gasteiger partial charge < -0.3 is 0 Å². The first-order valence-corrected chi connectivity index (χ1v) is 6.29. The van der Waals surface area contributed by atoms with Gasteiger partial charge >= 0.3 is 0 Å². The minimum absolute atomic E-state index is 0.678. The SMILES string of the molecule is C/C=C\CC(CC)c1c(C)cc(C)cc1C. The molecule has 0 N–H and O–H groups in total. The van der Waals surface area contributed by atoms with Crippen LogP contribution in [0.2, 0.25) is 0 Å². The molecule has 0 radical (unpaired) electrons. The number of aryl methyl sites for hydroxylation is 3. The predicted octanol–water partition coefficient (Wildman–Crippen LogP) is 5.07. The number of hydrogen-bond donors (Lipinski definition) is 0. The van der Waals surface area contributed by atoms with Crippen molar-refractivity contribution < 1.29 is 0 Å². The van der Waals surface area contributed by atoms with E-state index in [0.717, 1.165) is 6.42 Å². The molecule has 16 heavy (non-hydrogen) atoms. The van der Waals surface area contributed by atoms with E-state index in [2.05, 4.69) is 58.9 Å². The van der Waals surface area contributed by atoms with Gasteiger partial charge in [0.15, 0.2) is 0 Å². The van der Waals surface area contributed by atoms with Crippen LogP contribution in [0, 0.1) is 20.8 Å². The standard InChI is InChI=1S/C16H24/c1-6-8-9-15(7-2)16-13(4)10-12(3)11-14(16)5/h6,8,10-11,15H,7,9H2,1-5H3/b8-6-. The summed E-state index contributed by atoms with van der Waals surface area (Å²) in [6, 6.07) is 4.61. The lowest BCUT2D eigenvalue weighted by atomic mass is 9.86. The molecule has 0 bridgehead atoms. The molecule has 88 valence electrons. The zero-order valence-corrected chi connectivity index (χ0v) is 11.3. The first-order valence-electron chi connectivity index (χ1n) is 6.29. The van der Waals surface area contributed by atoms with Crippen molar-refractivity contribution >= 4 is 0 Å². The Labute approximate surface area is 100 Å². The zero-order valence-electron chi connectivity index (χ0n) is 11.3. The highest BCUT2D eigenvalue weighted by Gasteiger charge is 2.13. The van der Waals surface area contributed by atoms with Crippen molar-refractivity contribution in [1.29, 1.82) is 0 Å². The first-order chi connectivity index (χ1) is 7.60. The average molecular weight is 216 g/mol. The van der Waals surface area contributed by atoms with Crippen LogP contribution in [0.3, 0.4) is 0 Å². The predicted molar refractivity (Wildman–Crippen MR) is 73.1 cm³/mol. The Kier molecular flexibility index (Phi) is 4.79. The molecule has 0 saturated heterocycles. The van der Waals surface area contributed by atoms with Crippen molar-refractivity contribution in [2.75, 3.05) is 0 Å². The van der Waals surface area contributed by atoms with E-state index in [4.69, 9.17) is 0 Å². The molecule has 1 unspecified atom stereocenters. The van der Waals surface area contributed by atoms with Crippen LogP contribution >= 0.6 is 0 Å². The monoisotopic (exact) mass is 216 g/mol. The maximum atomic E-state index is 2.31. The molecule has 0 aromatic heterocycles. The third kappa shape index (κ3) is 2.98. The first kappa shape index (κ1) is 13.0. The average Bonchev–Trinajstić information content (AvgIpc) is 2.21. The molecule has 1 aromatic carbocycles. The van der Waals surface area contributed by atoms with Crippen molar-refractivity contribution in [2.45, 2.75) is 53.4 Å². The van der Waals surface area contributed by atoms with Crippen molar-refractivity contribution in [1.82, 2.24) is 0 Å². The third-order valence-corrected chi connectivity index (χ3v) is 3.30. The number of rotatable bonds is 4. The topological polar surface area (TPSA) is 0 Å². The molecule has 0 spiro atoms. The van der Waals surface area contributed by atoms with Gasteiger partial charge in [-0.1, -0.05) is 36.8 Å². The fourth-order valence-corrected chi connectivity index (χ4v) is 2.62. The second kappa shape index (κ2) is 5.89. The lowest BCUT2D eigenvalue weighted by molar-refractivity contribution is 0.665. The highest BCUT2D eigenvalue weighted by molar-refractivity contribution is 5.40. The van der Waals surface area contributed by atoms with Gasteiger partial charge in [-0.15, -0.1) is 0 Å². The smallest absolute Gasteiger partial charge is 0.0125 e. The van der Waals surface area contributed by atoms with Gasteiger partial charge in [0.1, 0.15) is 0 Å². The van der Waals surface area contributed by atoms with Crippen molar-refractivity contribution in [3.63, 3.8) is 0 Å². The van der Waals surface area contributed by atoms with Crippen LogP contribution in [-0.2, 0) is 0 Å². The van der Waals surface area contributed by atoms with E-state index in [-0.39, 0.29) is 0 Å². The summed E-state index contributed by atoms with van der Waals surface area (Å²) in [6.07, 6.45) is 6.82. The third-order valence-electron chi connectivity index (χ3n) is 3.30. The van der Waals surface area contributed by atoms with Crippen LogP contribution in [0.25, 0.3) is 0 Å². The highest BCUT2D eigenvalue weighted by Crippen LogP contribution is 2.30. The Morgan fingerprint density at radius 3 is 2.12 bits per heavy atom. The summed E-state index contributed by atoms with van der Waals surface area (Å²) in [5.74, 6) is 0.678. The van der Waals surface area contributed by atoms with Crippen molar-refractivity contribution in [3.8, 4) is 0 Å². The molecule has 0 aliphatic rings. The molecule has 1 rings (SSSR count). The highest BCUT2D eigenvalue weighted by atomic mass is 14.2. The minimum atomic E-state index is 0.678. The molecule has 0 amide bonds. The Balaban J connectivity index is 3.09. The summed E-state index contributed by atoms with van der Waals surface area (Å²) >= 11 is 0. The summed E-state index contributed by atoms with van der Waals surface area (Å²) in [6.45, 7) is 11.0. The quantitative estimate of drug-likeness (QED) is 0.616. The van der Waals surface area contributed by atoms with Gasteiger partial charge in [0.25, 0.3) is 0 Å². The molecular weight excluding hydrogens is 192 g/mol. The molecule has 1 atom stereocenters. The van der Waals surface area contributed by atoms with E-state index in [0.29, 0.717) is 5.92 Å². The van der Waals surface area contributed by atoms with Gasteiger partial charge in [0.05, 0.1) is 0 Å². The molecule has 1 aromatic rings. The summed E-state index contributed by atoms with van der Waals surface area (Å²) < 4.78 is 0. The second-order valence-electron chi connectivity index (χ2n) is 4.72. The summed E-state index contributed by atoms with van der Waals surface area (Å²) in [5, 5.41) is 0. The Morgan fingerprint density at radius 1 is 1.12 bits per heavy atom. The number of benzene rings is 1. The molecular formula is C16H24. The van der Waals surface area contributed by atoms with Gasteiger partial charge in [-0.2, -0.15) is 0 Å². The van der Waals surface area contributed by atoms with Gasteiger partial charge in [-0.05, 0) is 63.1 Å². The molecule has 0 saturated carbocycles. The maximum absolute atomic E-state index is 2.31. The van der Waals surface area contributed by atoms with Crippen LogP contribution in [-0.4, -0.2) is 0 Å². The second-order valence-corrected chi connectivity index (χ2v) is 4.72. The molecule has 0 nitrogen and oxygen atoms in total. The Morgan fingerprint density at radius 2 is 1.69 bits per heavy atom. The van der Waals surface area contributed by atoms with E-state index in [9.17, 15) is 0 Å². The lowest BCUT2D eigenvalue weighted by Crippen LogP contribution is -2.02. The molecule has 0 fully saturated rings. The summed E-state index contributed by atoms with van der Waals surface area (Å²) in [5.41, 5.74) is 5.84. The van der Waals surface area contributed by atoms with Crippen LogP contribution in [0.1, 0.15) is 54.9 Å². The summed E-state index contributed by atoms with van der Waals surface area (Å²) in [7, 11) is 0. The van der Waals surface area contributed by atoms with Crippen LogP contribution in [0.5, 0.6) is 0 Å². The zero-order chi connectivity index (χ0) is 12.1. The Bertz CT molecular complexity index is 349. The van der Waals surface area contributed by atoms with Gasteiger partial charge in [-0.3, -0.25) is 0 Å². The van der Waals surface area contributed by atoms with Gasteiger partial charge in [-0.25, -0.2) is 0 Å². The fourth-order valence-electron chi connectivity index (χ4n) is 2.62. The normalized spacial score (nSPS) is 13.3. The van der Waals surface area contributed by atoms with Crippen LogP contribution < -0.4 is 0 Å². The van der Waals surface area contributed by atoms with E-state index < -0.39 is 0 Å². The summed E-state index contributed by atoms with van der Waals surface area (Å²) in [4.78, 5) is 0. The molecule has 0 heteroatoms. The van der Waals surface area contributed by atoms with Gasteiger partial charge in [0, 0.05) is 0 Å². The van der Waals surface area contributed by atoms with Crippen molar-refractivity contribution in [2.24, 2.45) is 0 Å². The van der Waals surface area contributed by atoms with E-state index in [1.54, 1.807) is 5.56 Å². The van der Waals surface area contributed by atoms with Crippen LogP contribution in [0.15, 0.2) is 24.3 Å². The van der Waals surface area contributed by atoms with E-state index in [1.807, 2.05) is 0 Å².